The zero-order valence-electron chi connectivity index (χ0n) is 8.14. The molecule has 0 aliphatic heterocycles. The van der Waals surface area contributed by atoms with Gasteiger partial charge in [-0.3, -0.25) is 0 Å². The normalized spacial score (nSPS) is 13.0. The van der Waals surface area contributed by atoms with Gasteiger partial charge in [0.05, 0.1) is 6.04 Å². The van der Waals surface area contributed by atoms with Crippen LogP contribution in [0.5, 0.6) is 0 Å². The lowest BCUT2D eigenvalue weighted by atomic mass is 10.3. The number of hydrogen-bond acceptors (Lipinski definition) is 3. The summed E-state index contributed by atoms with van der Waals surface area (Å²) in [5.41, 5.74) is 0. The summed E-state index contributed by atoms with van der Waals surface area (Å²) < 4.78 is 36.9. The molecule has 0 amide bonds. The Morgan fingerprint density at radius 3 is 2.62 bits per heavy atom. The maximum Gasteiger partial charge on any atom is 0.451 e. The van der Waals surface area contributed by atoms with E-state index in [1.54, 1.807) is 6.92 Å². The Balaban J connectivity index is 3.05. The number of anilines is 1. The lowest BCUT2D eigenvalue weighted by Gasteiger charge is -2.11. The van der Waals surface area contributed by atoms with Gasteiger partial charge in [-0.05, 0) is 6.92 Å². The lowest BCUT2D eigenvalue weighted by Crippen LogP contribution is -2.17. The summed E-state index contributed by atoms with van der Waals surface area (Å²) in [5, 5.41) is 2.28. The van der Waals surface area contributed by atoms with Crippen LogP contribution in [0.4, 0.5) is 19.0 Å². The highest BCUT2D eigenvalue weighted by molar-refractivity contribution is 6.29. The van der Waals surface area contributed by atoms with E-state index in [-0.39, 0.29) is 11.0 Å². The molecule has 1 unspecified atom stereocenters. The molecule has 0 saturated carbocycles. The molecule has 0 bridgehead atoms. The molecule has 0 radical (unpaired) electrons. The van der Waals surface area contributed by atoms with Crippen LogP contribution in [0.3, 0.4) is 0 Å². The average Bonchev–Trinajstić information content (AvgIpc) is 2.15. The van der Waals surface area contributed by atoms with Crippen LogP contribution < -0.4 is 5.32 Å². The first-order valence-corrected chi connectivity index (χ1v) is 4.55. The number of aromatic nitrogens is 2. The summed E-state index contributed by atoms with van der Waals surface area (Å²) in [5.74, 6) is 0.938. The van der Waals surface area contributed by atoms with E-state index in [0.717, 1.165) is 0 Å². The van der Waals surface area contributed by atoms with E-state index < -0.39 is 18.0 Å². The molecule has 1 atom stereocenters. The van der Waals surface area contributed by atoms with Crippen molar-refractivity contribution in [3.05, 3.63) is 17.0 Å². The van der Waals surface area contributed by atoms with Gasteiger partial charge in [-0.1, -0.05) is 17.5 Å². The Morgan fingerprint density at radius 2 is 2.12 bits per heavy atom. The molecule has 3 nitrogen and oxygen atoms in total. The van der Waals surface area contributed by atoms with E-state index in [1.807, 2.05) is 0 Å². The average molecular weight is 250 g/mol. The van der Waals surface area contributed by atoms with Gasteiger partial charge in [0.15, 0.2) is 0 Å². The number of alkyl halides is 3. The molecular weight excluding hydrogens is 243 g/mol. The minimum Gasteiger partial charge on any atom is -0.357 e. The molecule has 0 spiro atoms. The zero-order chi connectivity index (χ0) is 12.3. The highest BCUT2D eigenvalue weighted by Crippen LogP contribution is 2.28. The van der Waals surface area contributed by atoms with Crippen LogP contribution in [0.25, 0.3) is 0 Å². The standard InChI is InChI=1S/C9H7ClF3N3/c1-3-5(2)14-7-4-6(10)15-8(16-7)9(11,12)13/h1,4-5H,2H3,(H,14,15,16). The van der Waals surface area contributed by atoms with Crippen molar-refractivity contribution in [2.45, 2.75) is 19.1 Å². The summed E-state index contributed by atoms with van der Waals surface area (Å²) >= 11 is 5.44. The first kappa shape index (κ1) is 12.6. The molecule has 1 heterocycles. The summed E-state index contributed by atoms with van der Waals surface area (Å²) in [6.07, 6.45) is 0.432. The molecule has 1 aromatic rings. The Kier molecular flexibility index (Phi) is 3.60. The Hall–Kier alpha value is -1.48. The van der Waals surface area contributed by atoms with Gasteiger partial charge in [-0.25, -0.2) is 9.97 Å². The van der Waals surface area contributed by atoms with Crippen LogP contribution in [0.2, 0.25) is 5.15 Å². The summed E-state index contributed by atoms with van der Waals surface area (Å²) in [7, 11) is 0. The van der Waals surface area contributed by atoms with Gasteiger partial charge < -0.3 is 5.32 Å². The van der Waals surface area contributed by atoms with Gasteiger partial charge in [-0.2, -0.15) is 13.2 Å². The third-order valence-electron chi connectivity index (χ3n) is 1.56. The van der Waals surface area contributed by atoms with E-state index >= 15 is 0 Å². The minimum absolute atomic E-state index is 0.0576. The monoisotopic (exact) mass is 249 g/mol. The molecule has 0 fully saturated rings. The van der Waals surface area contributed by atoms with Crippen molar-refractivity contribution in [2.75, 3.05) is 5.32 Å². The van der Waals surface area contributed by atoms with Gasteiger partial charge in [0.1, 0.15) is 11.0 Å². The van der Waals surface area contributed by atoms with Crippen molar-refractivity contribution in [1.29, 1.82) is 0 Å². The molecule has 0 aliphatic carbocycles. The fraction of sp³-hybridized carbons (Fsp3) is 0.333. The SMILES string of the molecule is C#CC(C)Nc1cc(Cl)nc(C(F)(F)F)n1. The molecular formula is C9H7ClF3N3. The molecule has 0 aliphatic rings. The van der Waals surface area contributed by atoms with Crippen LogP contribution in [0.15, 0.2) is 6.07 Å². The maximum atomic E-state index is 12.3. The lowest BCUT2D eigenvalue weighted by molar-refractivity contribution is -0.144. The number of hydrogen-bond donors (Lipinski definition) is 1. The third-order valence-corrected chi connectivity index (χ3v) is 1.76. The predicted octanol–water partition coefficient (Wildman–Crippen LogP) is 2.58. The molecule has 1 rings (SSSR count). The van der Waals surface area contributed by atoms with E-state index in [4.69, 9.17) is 18.0 Å². The Labute approximate surface area is 95.0 Å². The van der Waals surface area contributed by atoms with Crippen molar-refractivity contribution >= 4 is 17.4 Å². The van der Waals surface area contributed by atoms with E-state index in [0.29, 0.717) is 0 Å². The second kappa shape index (κ2) is 4.58. The van der Waals surface area contributed by atoms with Crippen molar-refractivity contribution in [2.24, 2.45) is 0 Å². The van der Waals surface area contributed by atoms with E-state index in [1.165, 1.54) is 6.07 Å². The van der Waals surface area contributed by atoms with Crippen LogP contribution in [-0.2, 0) is 6.18 Å². The number of terminal acetylenes is 1. The van der Waals surface area contributed by atoms with Crippen LogP contribution in [-0.4, -0.2) is 16.0 Å². The molecule has 86 valence electrons. The smallest absolute Gasteiger partial charge is 0.357 e. The second-order valence-corrected chi connectivity index (χ2v) is 3.32. The van der Waals surface area contributed by atoms with Crippen molar-refractivity contribution < 1.29 is 13.2 Å². The number of halogens is 4. The zero-order valence-corrected chi connectivity index (χ0v) is 8.89. The molecule has 0 saturated heterocycles. The quantitative estimate of drug-likeness (QED) is 0.647. The Bertz CT molecular complexity index is 425. The third kappa shape index (κ3) is 3.28. The predicted molar refractivity (Wildman–Crippen MR) is 54.0 cm³/mol. The highest BCUT2D eigenvalue weighted by atomic mass is 35.5. The van der Waals surface area contributed by atoms with Crippen molar-refractivity contribution in [3.8, 4) is 12.3 Å². The second-order valence-electron chi connectivity index (χ2n) is 2.93. The van der Waals surface area contributed by atoms with Gasteiger partial charge >= 0.3 is 6.18 Å². The topological polar surface area (TPSA) is 37.8 Å². The van der Waals surface area contributed by atoms with Crippen LogP contribution in [0, 0.1) is 12.3 Å². The Morgan fingerprint density at radius 1 is 1.50 bits per heavy atom. The first-order chi connectivity index (χ1) is 7.32. The fourth-order valence-corrected chi connectivity index (χ4v) is 1.07. The molecule has 16 heavy (non-hydrogen) atoms. The number of rotatable bonds is 2. The first-order valence-electron chi connectivity index (χ1n) is 4.17. The minimum atomic E-state index is -4.64. The van der Waals surface area contributed by atoms with Crippen molar-refractivity contribution in [3.63, 3.8) is 0 Å². The maximum absolute atomic E-state index is 12.3. The molecule has 1 N–H and O–H groups in total. The van der Waals surface area contributed by atoms with Crippen molar-refractivity contribution in [1.82, 2.24) is 9.97 Å². The van der Waals surface area contributed by atoms with Gasteiger partial charge in [-0.15, -0.1) is 6.42 Å². The van der Waals surface area contributed by atoms with Crippen LogP contribution >= 0.6 is 11.6 Å². The van der Waals surface area contributed by atoms with E-state index in [9.17, 15) is 13.2 Å². The number of nitrogens with one attached hydrogen (secondary N) is 1. The summed E-state index contributed by atoms with van der Waals surface area (Å²) in [6, 6.07) is 0.719. The molecule has 7 heteroatoms. The highest BCUT2D eigenvalue weighted by Gasteiger charge is 2.35. The number of nitrogens with zero attached hydrogens (tertiary/aromatic N) is 2. The fourth-order valence-electron chi connectivity index (χ4n) is 0.882. The van der Waals surface area contributed by atoms with Gasteiger partial charge in [0.2, 0.25) is 5.82 Å². The molecule has 1 aromatic heterocycles. The molecule has 0 aromatic carbocycles. The summed E-state index contributed by atoms with van der Waals surface area (Å²) in [4.78, 5) is 6.34. The van der Waals surface area contributed by atoms with Crippen LogP contribution in [0.1, 0.15) is 12.7 Å². The van der Waals surface area contributed by atoms with Gasteiger partial charge in [0, 0.05) is 6.07 Å². The largest absolute Gasteiger partial charge is 0.451 e. The summed E-state index contributed by atoms with van der Waals surface area (Å²) in [6.45, 7) is 1.60. The van der Waals surface area contributed by atoms with E-state index in [2.05, 4.69) is 21.2 Å². The van der Waals surface area contributed by atoms with Gasteiger partial charge in [0.25, 0.3) is 0 Å².